The van der Waals surface area contributed by atoms with Crippen LogP contribution < -0.4 is 5.56 Å². The summed E-state index contributed by atoms with van der Waals surface area (Å²) < 4.78 is 13.3. The van der Waals surface area contributed by atoms with Gasteiger partial charge in [-0.1, -0.05) is 44.1 Å². The minimum Gasteiger partial charge on any atom is -0.321 e. The van der Waals surface area contributed by atoms with Crippen LogP contribution in [0.1, 0.15) is 77.5 Å². The van der Waals surface area contributed by atoms with Crippen LogP contribution in [0.2, 0.25) is 0 Å². The lowest BCUT2D eigenvalue weighted by molar-refractivity contribution is -0.00893. The molecule has 3 aliphatic rings. The third-order valence-corrected chi connectivity index (χ3v) is 9.17. The normalized spacial score (nSPS) is 32.0. The summed E-state index contributed by atoms with van der Waals surface area (Å²) in [5.74, 6) is 2.09. The number of allylic oxidation sites excluding steroid dienone is 1. The van der Waals surface area contributed by atoms with Crippen LogP contribution in [0.3, 0.4) is 0 Å². The summed E-state index contributed by atoms with van der Waals surface area (Å²) in [7, 11) is -4.40. The second-order valence-corrected chi connectivity index (χ2v) is 12.8. The lowest BCUT2D eigenvalue weighted by Gasteiger charge is -2.52. The Bertz CT molecular complexity index is 1280. The zero-order valence-corrected chi connectivity index (χ0v) is 22.3. The quantitative estimate of drug-likeness (QED) is 0.417. The molecule has 5 rings (SSSR count). The molecule has 2 N–H and O–H groups in total. The lowest BCUT2D eigenvalue weighted by atomic mass is 9.79. The maximum absolute atomic E-state index is 13.6. The van der Waals surface area contributed by atoms with Crippen LogP contribution in [-0.2, 0) is 4.57 Å². The zero-order chi connectivity index (χ0) is 25.6. The van der Waals surface area contributed by atoms with Crippen molar-refractivity contribution in [3.63, 3.8) is 0 Å². The molecule has 6 atom stereocenters. The number of nitrogens with zero attached hydrogens (tertiary/aromatic N) is 3. The molecule has 2 aliphatic heterocycles. The van der Waals surface area contributed by atoms with Crippen LogP contribution in [0.4, 0.5) is 0 Å². The molecular weight excluding hydrogens is 473 g/mol. The summed E-state index contributed by atoms with van der Waals surface area (Å²) in [6.07, 6.45) is 11.5. The second-order valence-electron chi connectivity index (χ2n) is 11.3. The highest BCUT2D eigenvalue weighted by atomic mass is 31.2. The highest BCUT2D eigenvalue weighted by molar-refractivity contribution is 7.55. The van der Waals surface area contributed by atoms with E-state index in [1.165, 1.54) is 30.9 Å². The van der Waals surface area contributed by atoms with Crippen LogP contribution in [0.25, 0.3) is 17.1 Å². The van der Waals surface area contributed by atoms with Crippen molar-refractivity contribution in [1.82, 2.24) is 14.5 Å². The van der Waals surface area contributed by atoms with E-state index in [9.17, 15) is 19.1 Å². The first-order valence-electron chi connectivity index (χ1n) is 13.3. The van der Waals surface area contributed by atoms with Gasteiger partial charge in [0.2, 0.25) is 0 Å². The molecule has 0 amide bonds. The molecule has 2 saturated heterocycles. The molecule has 194 valence electrons. The Labute approximate surface area is 213 Å². The van der Waals surface area contributed by atoms with Crippen LogP contribution in [0, 0.1) is 11.8 Å². The van der Waals surface area contributed by atoms with Gasteiger partial charge in [-0.15, -0.1) is 0 Å². The van der Waals surface area contributed by atoms with Gasteiger partial charge in [0.1, 0.15) is 5.69 Å². The molecule has 1 unspecified atom stereocenters. The summed E-state index contributed by atoms with van der Waals surface area (Å²) in [6.45, 7) is 7.01. The van der Waals surface area contributed by atoms with Crippen molar-refractivity contribution in [2.24, 2.45) is 11.8 Å². The van der Waals surface area contributed by atoms with Gasteiger partial charge in [0.15, 0.2) is 0 Å². The van der Waals surface area contributed by atoms with Crippen LogP contribution in [0.15, 0.2) is 46.5 Å². The Hall–Kier alpha value is -2.05. The molecule has 2 bridgehead atoms. The number of aromatic nitrogens is 2. The van der Waals surface area contributed by atoms with E-state index in [2.05, 4.69) is 36.7 Å². The van der Waals surface area contributed by atoms with Gasteiger partial charge in [0.25, 0.3) is 5.56 Å². The minimum absolute atomic E-state index is 0.0337. The van der Waals surface area contributed by atoms with Crippen molar-refractivity contribution in [3.05, 3.63) is 57.8 Å². The van der Waals surface area contributed by atoms with Crippen molar-refractivity contribution >= 4 is 24.7 Å². The lowest BCUT2D eigenvalue weighted by Crippen LogP contribution is -2.57. The molecule has 8 heteroatoms. The fraction of sp³-hybridized carbons (Fsp3) is 0.571. The standard InChI is InChI=1S/C28H38N3O4P/c1-18-13-19(2)20(3)15-23(14-18)30-21-7-6-8-22(30)17-24(16-21)31-27-10-5-4-9-25(27)29-26(28(31)32)11-12-36(33,34)35/h4-5,9-12,15,18-19,21-24H,6-8,13-14,16-17H2,1-3H3,(H2,33,34,35)/b12-11+/t18-,19+,21-,22+,23-,24?/m0/s1. The summed E-state index contributed by atoms with van der Waals surface area (Å²) >= 11 is 0. The fourth-order valence-electron chi connectivity index (χ4n) is 6.99. The Morgan fingerprint density at radius 3 is 2.42 bits per heavy atom. The zero-order valence-electron chi connectivity index (χ0n) is 21.5. The Morgan fingerprint density at radius 1 is 1.03 bits per heavy atom. The first kappa shape index (κ1) is 25.6. The Morgan fingerprint density at radius 2 is 1.72 bits per heavy atom. The fourth-order valence-corrected chi connectivity index (χ4v) is 7.33. The van der Waals surface area contributed by atoms with Gasteiger partial charge < -0.3 is 14.4 Å². The first-order valence-corrected chi connectivity index (χ1v) is 15.0. The van der Waals surface area contributed by atoms with Gasteiger partial charge in [-0.05, 0) is 75.5 Å². The monoisotopic (exact) mass is 511 g/mol. The van der Waals surface area contributed by atoms with Gasteiger partial charge in [-0.3, -0.25) is 14.3 Å². The van der Waals surface area contributed by atoms with Crippen molar-refractivity contribution in [1.29, 1.82) is 0 Å². The first-order chi connectivity index (χ1) is 17.1. The SMILES string of the molecule is CC1=C[C@@H](N2[C@@H]3CCC[C@H]2CC(n2c(=O)c(/C=C/P(=O)(O)O)nc4ccccc42)C3)C[C@@H](C)C[C@H]1C. The summed E-state index contributed by atoms with van der Waals surface area (Å²) in [4.78, 5) is 39.5. The van der Waals surface area contributed by atoms with E-state index < -0.39 is 7.60 Å². The third kappa shape index (κ3) is 5.17. The van der Waals surface area contributed by atoms with E-state index in [4.69, 9.17) is 0 Å². The van der Waals surface area contributed by atoms with Crippen LogP contribution in [0.5, 0.6) is 0 Å². The maximum Gasteiger partial charge on any atom is 0.349 e. The van der Waals surface area contributed by atoms with E-state index in [0.29, 0.717) is 35.5 Å². The Balaban J connectivity index is 1.52. The van der Waals surface area contributed by atoms with E-state index in [-0.39, 0.29) is 17.3 Å². The molecule has 2 aromatic rings. The average molecular weight is 512 g/mol. The topological polar surface area (TPSA) is 95.7 Å². The minimum atomic E-state index is -4.40. The van der Waals surface area contributed by atoms with E-state index in [0.717, 1.165) is 37.0 Å². The molecule has 3 heterocycles. The highest BCUT2D eigenvalue weighted by Gasteiger charge is 2.43. The largest absolute Gasteiger partial charge is 0.349 e. The van der Waals surface area contributed by atoms with Gasteiger partial charge >= 0.3 is 7.60 Å². The molecule has 1 aliphatic carbocycles. The molecule has 7 nitrogen and oxygen atoms in total. The van der Waals surface area contributed by atoms with E-state index in [1.807, 2.05) is 28.8 Å². The molecule has 0 saturated carbocycles. The smallest absolute Gasteiger partial charge is 0.321 e. The van der Waals surface area contributed by atoms with Crippen molar-refractivity contribution in [3.8, 4) is 0 Å². The summed E-state index contributed by atoms with van der Waals surface area (Å²) in [5.41, 5.74) is 2.76. The number of hydrogen-bond acceptors (Lipinski definition) is 4. The third-order valence-electron chi connectivity index (χ3n) is 8.63. The molecule has 0 radical (unpaired) electrons. The molecule has 36 heavy (non-hydrogen) atoms. The van der Waals surface area contributed by atoms with Crippen molar-refractivity contribution in [2.75, 3.05) is 0 Å². The van der Waals surface area contributed by atoms with Crippen LogP contribution >= 0.6 is 7.60 Å². The molecule has 2 fully saturated rings. The van der Waals surface area contributed by atoms with Gasteiger partial charge in [0, 0.05) is 30.0 Å². The van der Waals surface area contributed by atoms with Gasteiger partial charge in [-0.25, -0.2) is 4.98 Å². The predicted molar refractivity (Wildman–Crippen MR) is 144 cm³/mol. The second kappa shape index (κ2) is 10.0. The number of benzene rings is 1. The highest BCUT2D eigenvalue weighted by Crippen LogP contribution is 2.43. The molecule has 1 aromatic carbocycles. The number of piperidine rings is 2. The Kier molecular flexibility index (Phi) is 7.12. The van der Waals surface area contributed by atoms with Gasteiger partial charge in [-0.2, -0.15) is 0 Å². The predicted octanol–water partition coefficient (Wildman–Crippen LogP) is 5.48. The number of para-hydroxylation sites is 2. The number of rotatable bonds is 4. The van der Waals surface area contributed by atoms with Crippen molar-refractivity contribution in [2.45, 2.75) is 89.9 Å². The van der Waals surface area contributed by atoms with Crippen molar-refractivity contribution < 1.29 is 14.4 Å². The average Bonchev–Trinajstić information content (AvgIpc) is 2.93. The van der Waals surface area contributed by atoms with Crippen LogP contribution in [-0.4, -0.2) is 42.4 Å². The van der Waals surface area contributed by atoms with E-state index in [1.54, 1.807) is 0 Å². The van der Waals surface area contributed by atoms with Gasteiger partial charge in [0.05, 0.1) is 11.0 Å². The maximum atomic E-state index is 13.6. The summed E-state index contributed by atoms with van der Waals surface area (Å²) in [5, 5.41) is 0. The molecular formula is C28H38N3O4P. The number of fused-ring (bicyclic) bond motifs is 3. The van der Waals surface area contributed by atoms with E-state index >= 15 is 0 Å². The molecule has 0 spiro atoms. The summed E-state index contributed by atoms with van der Waals surface area (Å²) in [6, 6.07) is 8.92. The molecule has 1 aromatic heterocycles. The number of hydrogen-bond donors (Lipinski definition) is 2.